The van der Waals surface area contributed by atoms with Crippen LogP contribution in [0.3, 0.4) is 0 Å². The van der Waals surface area contributed by atoms with Crippen molar-refractivity contribution in [3.63, 3.8) is 0 Å². The van der Waals surface area contributed by atoms with E-state index in [0.29, 0.717) is 17.5 Å². The maximum Gasteiger partial charge on any atom is 0.255 e. The van der Waals surface area contributed by atoms with Crippen LogP contribution in [0, 0.1) is 6.92 Å². The molecule has 3 aromatic heterocycles. The van der Waals surface area contributed by atoms with Gasteiger partial charge in [-0.2, -0.15) is 19.6 Å². The molecule has 0 aliphatic rings. The van der Waals surface area contributed by atoms with E-state index in [4.69, 9.17) is 11.6 Å². The number of nitrogens with one attached hydrogen (secondary N) is 1. The number of anilines is 1. The van der Waals surface area contributed by atoms with E-state index in [1.165, 1.54) is 6.33 Å². The molecule has 0 aliphatic heterocycles. The summed E-state index contributed by atoms with van der Waals surface area (Å²) >= 11 is 5.95. The average Bonchev–Trinajstić information content (AvgIpc) is 2.85. The highest BCUT2D eigenvalue weighted by Crippen LogP contribution is 2.16. The topological polar surface area (TPSA) is 68.0 Å². The van der Waals surface area contributed by atoms with Crippen LogP contribution < -0.4 is 5.32 Å². The molecular weight excluding hydrogens is 264 g/mol. The molecule has 0 aromatic carbocycles. The first-order valence-electron chi connectivity index (χ1n) is 5.73. The molecule has 19 heavy (non-hydrogen) atoms. The average molecular weight is 275 g/mol. The summed E-state index contributed by atoms with van der Waals surface area (Å²) in [4.78, 5) is 12.2. The fourth-order valence-electron chi connectivity index (χ4n) is 1.80. The number of fused-ring (bicyclic) bond motifs is 1. The van der Waals surface area contributed by atoms with E-state index in [1.54, 1.807) is 16.8 Å². The summed E-state index contributed by atoms with van der Waals surface area (Å²) in [7, 11) is 0. The molecule has 0 atom stereocenters. The molecule has 0 unspecified atom stereocenters. The molecule has 6 nitrogen and oxygen atoms in total. The van der Waals surface area contributed by atoms with Crippen molar-refractivity contribution in [3.8, 4) is 0 Å². The highest BCUT2D eigenvalue weighted by atomic mass is 35.5. The number of hydrogen-bond acceptors (Lipinski definition) is 5. The van der Waals surface area contributed by atoms with Crippen LogP contribution in [0.1, 0.15) is 11.1 Å². The molecule has 0 radical (unpaired) electrons. The first-order valence-corrected chi connectivity index (χ1v) is 6.11. The van der Waals surface area contributed by atoms with Gasteiger partial charge in [-0.05, 0) is 24.1 Å². The van der Waals surface area contributed by atoms with E-state index < -0.39 is 0 Å². The van der Waals surface area contributed by atoms with E-state index >= 15 is 0 Å². The third-order valence-corrected chi connectivity index (χ3v) is 3.01. The second-order valence-corrected chi connectivity index (χ2v) is 4.48. The second-order valence-electron chi connectivity index (χ2n) is 4.09. The van der Waals surface area contributed by atoms with Gasteiger partial charge < -0.3 is 5.32 Å². The summed E-state index contributed by atoms with van der Waals surface area (Å²) in [5.74, 6) is 1.23. The highest BCUT2D eigenvalue weighted by Gasteiger charge is 2.06. The van der Waals surface area contributed by atoms with Crippen LogP contribution in [0.2, 0.25) is 5.15 Å². The molecule has 0 saturated carbocycles. The lowest BCUT2D eigenvalue weighted by Gasteiger charge is -2.09. The van der Waals surface area contributed by atoms with E-state index in [0.717, 1.165) is 16.9 Å². The molecule has 0 amide bonds. The van der Waals surface area contributed by atoms with Gasteiger partial charge in [-0.15, -0.1) is 0 Å². The van der Waals surface area contributed by atoms with Gasteiger partial charge >= 0.3 is 0 Å². The third-order valence-electron chi connectivity index (χ3n) is 2.82. The van der Waals surface area contributed by atoms with Crippen LogP contribution >= 0.6 is 11.6 Å². The van der Waals surface area contributed by atoms with Crippen LogP contribution in [-0.4, -0.2) is 24.6 Å². The van der Waals surface area contributed by atoms with Gasteiger partial charge in [-0.25, -0.2) is 0 Å². The molecule has 0 saturated heterocycles. The van der Waals surface area contributed by atoms with Gasteiger partial charge in [0.05, 0.1) is 0 Å². The number of nitrogens with zero attached hydrogens (tertiary/aromatic N) is 5. The van der Waals surface area contributed by atoms with Crippen molar-refractivity contribution in [2.75, 3.05) is 5.32 Å². The van der Waals surface area contributed by atoms with Crippen molar-refractivity contribution >= 4 is 23.2 Å². The summed E-state index contributed by atoms with van der Waals surface area (Å²) in [6, 6.07) is 3.70. The number of hydrogen-bond donors (Lipinski definition) is 1. The van der Waals surface area contributed by atoms with Gasteiger partial charge in [0.1, 0.15) is 17.3 Å². The largest absolute Gasteiger partial charge is 0.366 e. The lowest BCUT2D eigenvalue weighted by atomic mass is 10.1. The lowest BCUT2D eigenvalue weighted by Crippen LogP contribution is -2.07. The predicted octanol–water partition coefficient (Wildman–Crippen LogP) is 2.09. The number of halogens is 1. The van der Waals surface area contributed by atoms with Gasteiger partial charge in [0, 0.05) is 25.0 Å². The van der Waals surface area contributed by atoms with Gasteiger partial charge in [-0.3, -0.25) is 4.98 Å². The maximum atomic E-state index is 5.95. The summed E-state index contributed by atoms with van der Waals surface area (Å²) in [6.45, 7) is 2.68. The Balaban J connectivity index is 1.90. The second kappa shape index (κ2) is 4.81. The summed E-state index contributed by atoms with van der Waals surface area (Å²) in [5, 5.41) is 7.77. The van der Waals surface area contributed by atoms with Gasteiger partial charge in [0.2, 0.25) is 0 Å². The third kappa shape index (κ3) is 2.34. The molecule has 7 heteroatoms. The van der Waals surface area contributed by atoms with Crippen molar-refractivity contribution in [1.82, 2.24) is 24.6 Å². The standard InChI is InChI=1S/C12H11ClN6/c1-8-5-14-3-2-9(8)6-15-11-4-10(13)18-12-16-7-17-19(11)12/h2-5,7,15H,6H2,1H3. The van der Waals surface area contributed by atoms with Gasteiger partial charge in [0.25, 0.3) is 5.78 Å². The minimum absolute atomic E-state index is 0.384. The SMILES string of the molecule is Cc1cnccc1CNc1cc(Cl)nc2ncnn12. The summed E-state index contributed by atoms with van der Waals surface area (Å²) < 4.78 is 1.61. The molecule has 0 bridgehead atoms. The number of rotatable bonds is 3. The Bertz CT molecular complexity index is 723. The zero-order chi connectivity index (χ0) is 13.2. The molecular formula is C12H11ClN6. The summed E-state index contributed by atoms with van der Waals surface area (Å²) in [5.41, 5.74) is 2.29. The molecule has 0 aliphatic carbocycles. The minimum atomic E-state index is 0.384. The normalized spacial score (nSPS) is 10.8. The number of pyridine rings is 1. The van der Waals surface area contributed by atoms with E-state index in [-0.39, 0.29) is 0 Å². The van der Waals surface area contributed by atoms with Crippen molar-refractivity contribution in [2.24, 2.45) is 0 Å². The summed E-state index contributed by atoms with van der Waals surface area (Å²) in [6.07, 6.45) is 5.05. The van der Waals surface area contributed by atoms with Crippen LogP contribution in [-0.2, 0) is 6.54 Å². The number of aromatic nitrogens is 5. The van der Waals surface area contributed by atoms with Gasteiger partial charge in [-0.1, -0.05) is 11.6 Å². The zero-order valence-corrected chi connectivity index (χ0v) is 11.0. The molecule has 3 aromatic rings. The Morgan fingerprint density at radius 2 is 2.32 bits per heavy atom. The first kappa shape index (κ1) is 11.9. The van der Waals surface area contributed by atoms with E-state index in [1.807, 2.05) is 19.2 Å². The Hall–Kier alpha value is -2.21. The van der Waals surface area contributed by atoms with Crippen molar-refractivity contribution in [1.29, 1.82) is 0 Å². The highest BCUT2D eigenvalue weighted by molar-refractivity contribution is 6.29. The minimum Gasteiger partial charge on any atom is -0.366 e. The smallest absolute Gasteiger partial charge is 0.255 e. The molecule has 0 fully saturated rings. The Morgan fingerprint density at radius 1 is 1.42 bits per heavy atom. The van der Waals surface area contributed by atoms with Crippen LogP contribution in [0.15, 0.2) is 30.9 Å². The van der Waals surface area contributed by atoms with Crippen molar-refractivity contribution in [3.05, 3.63) is 47.1 Å². The predicted molar refractivity (Wildman–Crippen MR) is 72.1 cm³/mol. The van der Waals surface area contributed by atoms with Crippen LogP contribution in [0.25, 0.3) is 5.78 Å². The van der Waals surface area contributed by atoms with Crippen molar-refractivity contribution < 1.29 is 0 Å². The monoisotopic (exact) mass is 274 g/mol. The fourth-order valence-corrected chi connectivity index (χ4v) is 1.97. The number of aryl methyl sites for hydroxylation is 1. The molecule has 3 heterocycles. The zero-order valence-electron chi connectivity index (χ0n) is 10.2. The molecule has 1 N–H and O–H groups in total. The van der Waals surface area contributed by atoms with E-state index in [9.17, 15) is 0 Å². The quantitative estimate of drug-likeness (QED) is 0.741. The Labute approximate surface area is 114 Å². The van der Waals surface area contributed by atoms with E-state index in [2.05, 4.69) is 25.4 Å². The first-order chi connectivity index (χ1) is 9.24. The van der Waals surface area contributed by atoms with Crippen LogP contribution in [0.4, 0.5) is 5.82 Å². The molecule has 0 spiro atoms. The van der Waals surface area contributed by atoms with Crippen LogP contribution in [0.5, 0.6) is 0 Å². The van der Waals surface area contributed by atoms with Crippen molar-refractivity contribution in [2.45, 2.75) is 13.5 Å². The fraction of sp³-hybridized carbons (Fsp3) is 0.167. The Morgan fingerprint density at radius 3 is 3.16 bits per heavy atom. The Kier molecular flexibility index (Phi) is 3.00. The lowest BCUT2D eigenvalue weighted by molar-refractivity contribution is 0.922. The van der Waals surface area contributed by atoms with Gasteiger partial charge in [0.15, 0.2) is 0 Å². The molecule has 96 valence electrons. The maximum absolute atomic E-state index is 5.95. The molecule has 3 rings (SSSR count).